The molecule has 1 unspecified atom stereocenters. The highest BCUT2D eigenvalue weighted by atomic mass is 35.5. The van der Waals surface area contributed by atoms with E-state index in [9.17, 15) is 13.2 Å². The lowest BCUT2D eigenvalue weighted by molar-refractivity contribution is -0.123. The van der Waals surface area contributed by atoms with E-state index in [-0.39, 0.29) is 29.0 Å². The molecule has 3 aromatic rings. The molecule has 186 valence electrons. The van der Waals surface area contributed by atoms with Gasteiger partial charge < -0.3 is 21.0 Å². The van der Waals surface area contributed by atoms with Crippen LogP contribution >= 0.6 is 12.4 Å². The Morgan fingerprint density at radius 2 is 1.77 bits per heavy atom. The molecule has 1 atom stereocenters. The van der Waals surface area contributed by atoms with Crippen LogP contribution in [0.3, 0.4) is 0 Å². The van der Waals surface area contributed by atoms with Gasteiger partial charge in [-0.2, -0.15) is 0 Å². The van der Waals surface area contributed by atoms with Gasteiger partial charge in [-0.05, 0) is 42.3 Å². The fourth-order valence-corrected chi connectivity index (χ4v) is 4.35. The lowest BCUT2D eigenvalue weighted by Crippen LogP contribution is -2.33. The van der Waals surface area contributed by atoms with Gasteiger partial charge in [0.1, 0.15) is 5.75 Å². The van der Waals surface area contributed by atoms with Gasteiger partial charge in [-0.25, -0.2) is 8.42 Å². The van der Waals surface area contributed by atoms with Crippen LogP contribution in [0.15, 0.2) is 82.8 Å². The summed E-state index contributed by atoms with van der Waals surface area (Å²) < 4.78 is 30.1. The molecular formula is C25H28ClN3O5S. The Bertz CT molecular complexity index is 1290. The number of amidine groups is 1. The van der Waals surface area contributed by atoms with E-state index in [1.54, 1.807) is 72.8 Å². The van der Waals surface area contributed by atoms with Crippen molar-refractivity contribution in [3.63, 3.8) is 0 Å². The Kier molecular flexibility index (Phi) is 9.68. The number of carbonyl (C=O) groups is 1. The summed E-state index contributed by atoms with van der Waals surface area (Å²) in [7, 11) is -3.38. The summed E-state index contributed by atoms with van der Waals surface area (Å²) in [6.45, 7) is 1.95. The number of oxime groups is 1. The van der Waals surface area contributed by atoms with Crippen molar-refractivity contribution in [1.82, 2.24) is 0 Å². The molecule has 3 rings (SSSR count). The monoisotopic (exact) mass is 517 g/mol. The van der Waals surface area contributed by atoms with Crippen LogP contribution in [0.5, 0.6) is 5.75 Å². The Labute approximate surface area is 211 Å². The number of nitrogens with two attached hydrogens (primary N) is 1. The van der Waals surface area contributed by atoms with Crippen molar-refractivity contribution in [1.29, 1.82) is 0 Å². The summed E-state index contributed by atoms with van der Waals surface area (Å²) >= 11 is 0. The Morgan fingerprint density at radius 1 is 1.09 bits per heavy atom. The maximum absolute atomic E-state index is 12.9. The second kappa shape index (κ2) is 12.2. The molecule has 10 heteroatoms. The van der Waals surface area contributed by atoms with Gasteiger partial charge in [-0.3, -0.25) is 4.79 Å². The summed E-state index contributed by atoms with van der Waals surface area (Å²) in [6.07, 6.45) is 1.63. The van der Waals surface area contributed by atoms with Crippen LogP contribution in [-0.2, 0) is 14.6 Å². The van der Waals surface area contributed by atoms with Gasteiger partial charge in [0, 0.05) is 23.1 Å². The number of benzene rings is 3. The molecule has 0 saturated heterocycles. The smallest absolute Gasteiger partial charge is 0.265 e. The molecule has 0 bridgehead atoms. The maximum Gasteiger partial charge on any atom is 0.265 e. The van der Waals surface area contributed by atoms with Crippen LogP contribution in [0, 0.1) is 0 Å². The van der Waals surface area contributed by atoms with Gasteiger partial charge in [0.25, 0.3) is 5.91 Å². The average molecular weight is 518 g/mol. The van der Waals surface area contributed by atoms with E-state index in [1.807, 2.05) is 6.92 Å². The van der Waals surface area contributed by atoms with Gasteiger partial charge in [0.15, 0.2) is 21.8 Å². The molecule has 0 spiro atoms. The van der Waals surface area contributed by atoms with Crippen LogP contribution in [-0.4, -0.2) is 37.7 Å². The molecular weight excluding hydrogens is 490 g/mol. The second-order valence-electron chi connectivity index (χ2n) is 7.74. The summed E-state index contributed by atoms with van der Waals surface area (Å²) in [5, 5.41) is 14.7. The Balaban J connectivity index is 0.00000432. The fourth-order valence-electron chi connectivity index (χ4n) is 3.44. The topological polar surface area (TPSA) is 131 Å². The molecule has 0 aliphatic carbocycles. The van der Waals surface area contributed by atoms with E-state index in [1.165, 1.54) is 6.26 Å². The third kappa shape index (κ3) is 7.21. The predicted octanol–water partition coefficient (Wildman–Crippen LogP) is 4.46. The number of hydrogen-bond acceptors (Lipinski definition) is 6. The van der Waals surface area contributed by atoms with E-state index in [4.69, 9.17) is 15.7 Å². The first kappa shape index (κ1) is 27.7. The number of sulfone groups is 1. The number of hydrogen-bond donors (Lipinski definition) is 3. The van der Waals surface area contributed by atoms with Gasteiger partial charge in [0.05, 0.1) is 4.90 Å². The van der Waals surface area contributed by atoms with Crippen LogP contribution < -0.4 is 15.8 Å². The van der Waals surface area contributed by atoms with E-state index < -0.39 is 15.9 Å². The number of nitrogens with one attached hydrogen (secondary N) is 1. The fraction of sp³-hybridized carbons (Fsp3) is 0.200. The van der Waals surface area contributed by atoms with E-state index in [2.05, 4.69) is 10.5 Å². The number of halogens is 1. The summed E-state index contributed by atoms with van der Waals surface area (Å²) in [4.78, 5) is 13.2. The zero-order valence-corrected chi connectivity index (χ0v) is 21.0. The highest BCUT2D eigenvalue weighted by molar-refractivity contribution is 7.90. The zero-order valence-electron chi connectivity index (χ0n) is 19.3. The Hall–Kier alpha value is -3.56. The molecule has 0 radical (unpaired) electrons. The maximum atomic E-state index is 12.9. The molecule has 0 fully saturated rings. The van der Waals surface area contributed by atoms with Gasteiger partial charge in [-0.1, -0.05) is 61.0 Å². The summed E-state index contributed by atoms with van der Waals surface area (Å²) in [5.74, 6) is 0.0465. The van der Waals surface area contributed by atoms with Crippen molar-refractivity contribution in [2.75, 3.05) is 11.6 Å². The third-order valence-electron chi connectivity index (χ3n) is 5.11. The minimum atomic E-state index is -3.38. The SMILES string of the molecule is CCCC(Oc1cccc(C(N)=NO)c1)C(=O)Nc1ccc(-c2ccccc2S(C)(=O)=O)cc1.Cl. The first-order valence-electron chi connectivity index (χ1n) is 10.7. The summed E-state index contributed by atoms with van der Waals surface area (Å²) in [5.41, 5.74) is 7.98. The largest absolute Gasteiger partial charge is 0.481 e. The van der Waals surface area contributed by atoms with Crippen molar-refractivity contribution >= 4 is 39.7 Å². The number of nitrogens with zero attached hydrogens (tertiary/aromatic N) is 1. The predicted molar refractivity (Wildman–Crippen MR) is 139 cm³/mol. The standard InChI is InChI=1S/C25H27N3O5S.ClH/c1-3-7-22(33-20-9-6-8-18(16-20)24(26)28-30)25(29)27-19-14-12-17(13-15-19)21-10-4-5-11-23(21)34(2,31)32;/h4-6,8-16,22,30H,3,7H2,1-2H3,(H2,26,28)(H,27,29);1H. The van der Waals surface area contributed by atoms with E-state index >= 15 is 0 Å². The minimum absolute atomic E-state index is 0. The van der Waals surface area contributed by atoms with Crippen LogP contribution in [0.4, 0.5) is 5.69 Å². The average Bonchev–Trinajstić information content (AvgIpc) is 2.83. The molecule has 8 nitrogen and oxygen atoms in total. The quantitative estimate of drug-likeness (QED) is 0.166. The molecule has 0 aromatic heterocycles. The van der Waals surface area contributed by atoms with Gasteiger partial charge >= 0.3 is 0 Å². The van der Waals surface area contributed by atoms with Crippen LogP contribution in [0.2, 0.25) is 0 Å². The molecule has 0 aliphatic rings. The molecule has 0 saturated carbocycles. The van der Waals surface area contributed by atoms with E-state index in [0.29, 0.717) is 29.0 Å². The second-order valence-corrected chi connectivity index (χ2v) is 9.73. The first-order chi connectivity index (χ1) is 16.2. The van der Waals surface area contributed by atoms with Crippen molar-refractivity contribution in [2.45, 2.75) is 30.8 Å². The van der Waals surface area contributed by atoms with Gasteiger partial charge in [0.2, 0.25) is 0 Å². The lowest BCUT2D eigenvalue weighted by Gasteiger charge is -2.19. The molecule has 0 aliphatic heterocycles. The first-order valence-corrected chi connectivity index (χ1v) is 12.6. The molecule has 4 N–H and O–H groups in total. The number of anilines is 1. The number of ether oxygens (including phenoxy) is 1. The molecule has 35 heavy (non-hydrogen) atoms. The van der Waals surface area contributed by atoms with Crippen molar-refractivity contribution in [3.8, 4) is 16.9 Å². The normalized spacial score (nSPS) is 12.3. The highest BCUT2D eigenvalue weighted by Crippen LogP contribution is 2.28. The lowest BCUT2D eigenvalue weighted by atomic mass is 10.1. The molecule has 1 amide bonds. The van der Waals surface area contributed by atoms with Gasteiger partial charge in [-0.15, -0.1) is 12.4 Å². The highest BCUT2D eigenvalue weighted by Gasteiger charge is 2.20. The number of carbonyl (C=O) groups excluding carboxylic acids is 1. The Morgan fingerprint density at radius 3 is 2.40 bits per heavy atom. The van der Waals surface area contributed by atoms with E-state index in [0.717, 1.165) is 12.0 Å². The van der Waals surface area contributed by atoms with Crippen molar-refractivity contribution < 1.29 is 23.2 Å². The number of rotatable bonds is 9. The van der Waals surface area contributed by atoms with Crippen LogP contribution in [0.25, 0.3) is 11.1 Å². The minimum Gasteiger partial charge on any atom is -0.481 e. The number of amides is 1. The zero-order chi connectivity index (χ0) is 24.7. The third-order valence-corrected chi connectivity index (χ3v) is 6.26. The summed E-state index contributed by atoms with van der Waals surface area (Å²) in [6, 6.07) is 20.4. The van der Waals surface area contributed by atoms with Crippen molar-refractivity contribution in [2.24, 2.45) is 10.9 Å². The molecule has 0 heterocycles. The van der Waals surface area contributed by atoms with Crippen LogP contribution in [0.1, 0.15) is 25.3 Å². The molecule has 3 aromatic carbocycles. The van der Waals surface area contributed by atoms with Crippen molar-refractivity contribution in [3.05, 3.63) is 78.4 Å².